The van der Waals surface area contributed by atoms with Crippen LogP contribution in [0.4, 0.5) is 30.4 Å². The molecule has 0 aliphatic rings. The number of hydrogen-bond donors (Lipinski definition) is 1. The van der Waals surface area contributed by atoms with Crippen LogP contribution in [0.5, 0.6) is 0 Å². The van der Waals surface area contributed by atoms with Gasteiger partial charge in [0.2, 0.25) is 0 Å². The molecule has 0 bridgehead atoms. The molecule has 0 fully saturated rings. The Morgan fingerprint density at radius 3 is 2.50 bits per heavy atom. The predicted octanol–water partition coefficient (Wildman–Crippen LogP) is 5.28. The molecule has 0 spiro atoms. The lowest BCUT2D eigenvalue weighted by Crippen LogP contribution is -2.20. The maximum absolute atomic E-state index is 13.1. The van der Waals surface area contributed by atoms with E-state index >= 15 is 0 Å². The number of carbonyl (C=O) groups is 1. The first-order valence-corrected chi connectivity index (χ1v) is 8.83. The Labute approximate surface area is 167 Å². The van der Waals surface area contributed by atoms with Crippen molar-refractivity contribution < 1.29 is 18.0 Å². The van der Waals surface area contributed by atoms with E-state index in [0.29, 0.717) is 5.82 Å². The van der Waals surface area contributed by atoms with Gasteiger partial charge < -0.3 is 10.2 Å². The molecule has 0 unspecified atom stereocenters. The molecule has 9 heteroatoms. The smallest absolute Gasteiger partial charge is 0.329 e. The number of amides is 1. The molecule has 3 aromatic rings. The second-order valence-corrected chi connectivity index (χ2v) is 6.64. The summed E-state index contributed by atoms with van der Waals surface area (Å²) in [5.74, 6) is -0.209. The molecule has 0 saturated carbocycles. The Morgan fingerprint density at radius 1 is 1.11 bits per heavy atom. The van der Waals surface area contributed by atoms with Gasteiger partial charge in [0.05, 0.1) is 11.1 Å². The molecule has 144 valence electrons. The van der Waals surface area contributed by atoms with Crippen molar-refractivity contribution in [3.05, 3.63) is 76.7 Å². The fraction of sp³-hybridized carbons (Fsp3) is 0.105. The normalized spacial score (nSPS) is 11.2. The Hall–Kier alpha value is -2.94. The fourth-order valence-corrected chi connectivity index (χ4v) is 3.02. The second-order valence-electron chi connectivity index (χ2n) is 5.79. The Bertz CT molecular complexity index is 996. The maximum atomic E-state index is 13.1. The number of nitrogens with one attached hydrogen (secondary N) is 1. The minimum atomic E-state index is -4.54. The summed E-state index contributed by atoms with van der Waals surface area (Å²) in [4.78, 5) is 22.6. The first kappa shape index (κ1) is 19.8. The summed E-state index contributed by atoms with van der Waals surface area (Å²) in [6, 6.07) is 10.2. The number of rotatable bonds is 4. The van der Waals surface area contributed by atoms with Gasteiger partial charge in [-0.05, 0) is 42.5 Å². The van der Waals surface area contributed by atoms with Gasteiger partial charge in [0.25, 0.3) is 5.91 Å². The number of pyridine rings is 2. The van der Waals surface area contributed by atoms with Crippen LogP contribution >= 0.6 is 15.9 Å². The van der Waals surface area contributed by atoms with Crippen LogP contribution in [0, 0.1) is 0 Å². The van der Waals surface area contributed by atoms with E-state index in [1.165, 1.54) is 18.3 Å². The molecule has 2 heterocycles. The van der Waals surface area contributed by atoms with E-state index in [9.17, 15) is 18.0 Å². The van der Waals surface area contributed by atoms with Gasteiger partial charge in [-0.3, -0.25) is 9.78 Å². The van der Waals surface area contributed by atoms with E-state index in [4.69, 9.17) is 0 Å². The number of anilines is 3. The Balaban J connectivity index is 1.91. The predicted molar refractivity (Wildman–Crippen MR) is 104 cm³/mol. The second kappa shape index (κ2) is 7.97. The maximum Gasteiger partial charge on any atom is 0.417 e. The monoisotopic (exact) mass is 450 g/mol. The van der Waals surface area contributed by atoms with Gasteiger partial charge in [-0.2, -0.15) is 13.2 Å². The van der Waals surface area contributed by atoms with Gasteiger partial charge in [0, 0.05) is 41.5 Å². The summed E-state index contributed by atoms with van der Waals surface area (Å²) < 4.78 is 39.1. The van der Waals surface area contributed by atoms with Crippen molar-refractivity contribution >= 4 is 39.0 Å². The first-order valence-electron chi connectivity index (χ1n) is 8.04. The van der Waals surface area contributed by atoms with Gasteiger partial charge in [-0.25, -0.2) is 4.98 Å². The van der Waals surface area contributed by atoms with Crippen LogP contribution in [0.2, 0.25) is 0 Å². The number of benzene rings is 1. The van der Waals surface area contributed by atoms with Crippen LogP contribution < -0.4 is 10.2 Å². The Morgan fingerprint density at radius 2 is 1.82 bits per heavy atom. The molecule has 5 nitrogen and oxygen atoms in total. The van der Waals surface area contributed by atoms with E-state index in [-0.39, 0.29) is 15.7 Å². The van der Waals surface area contributed by atoms with Crippen LogP contribution in [-0.4, -0.2) is 22.9 Å². The van der Waals surface area contributed by atoms with E-state index in [2.05, 4.69) is 31.2 Å². The molecule has 1 aromatic carbocycles. The van der Waals surface area contributed by atoms with Crippen LogP contribution in [0.15, 0.2) is 65.5 Å². The molecule has 28 heavy (non-hydrogen) atoms. The lowest BCUT2D eigenvalue weighted by Gasteiger charge is -2.20. The average molecular weight is 451 g/mol. The SMILES string of the molecule is CN(c1ccncc1)c1ncccc1C(=O)Nc1ccc(Br)c(C(F)(F)F)c1. The number of aromatic nitrogens is 2. The van der Waals surface area contributed by atoms with E-state index in [1.807, 2.05) is 0 Å². The summed E-state index contributed by atoms with van der Waals surface area (Å²) in [5, 5.41) is 2.51. The van der Waals surface area contributed by atoms with Gasteiger partial charge >= 0.3 is 6.18 Å². The largest absolute Gasteiger partial charge is 0.417 e. The third-order valence-corrected chi connectivity index (χ3v) is 4.62. The lowest BCUT2D eigenvalue weighted by atomic mass is 10.1. The summed E-state index contributed by atoms with van der Waals surface area (Å²) in [6.45, 7) is 0. The number of hydrogen-bond acceptors (Lipinski definition) is 4. The molecule has 1 amide bonds. The van der Waals surface area contributed by atoms with Crippen molar-refractivity contribution in [2.24, 2.45) is 0 Å². The third-order valence-electron chi connectivity index (χ3n) is 3.93. The first-order chi connectivity index (χ1) is 13.3. The van der Waals surface area contributed by atoms with Crippen molar-refractivity contribution in [2.75, 3.05) is 17.3 Å². The zero-order valence-corrected chi connectivity index (χ0v) is 16.1. The lowest BCUT2D eigenvalue weighted by molar-refractivity contribution is -0.138. The molecule has 3 rings (SSSR count). The van der Waals surface area contributed by atoms with Gasteiger partial charge in [0.15, 0.2) is 0 Å². The highest BCUT2D eigenvalue weighted by Crippen LogP contribution is 2.36. The highest BCUT2D eigenvalue weighted by molar-refractivity contribution is 9.10. The number of alkyl halides is 3. The third kappa shape index (κ3) is 4.30. The molecular weight excluding hydrogens is 437 g/mol. The minimum absolute atomic E-state index is 0.0295. The van der Waals surface area contributed by atoms with E-state index in [0.717, 1.165) is 11.8 Å². The van der Waals surface area contributed by atoms with Gasteiger partial charge in [-0.15, -0.1) is 0 Å². The summed E-state index contributed by atoms with van der Waals surface area (Å²) >= 11 is 2.88. The zero-order valence-electron chi connectivity index (χ0n) is 14.5. The number of nitrogens with zero attached hydrogens (tertiary/aromatic N) is 3. The van der Waals surface area contributed by atoms with Crippen molar-refractivity contribution in [1.29, 1.82) is 0 Å². The highest BCUT2D eigenvalue weighted by atomic mass is 79.9. The highest BCUT2D eigenvalue weighted by Gasteiger charge is 2.33. The van der Waals surface area contributed by atoms with Crippen LogP contribution in [0.25, 0.3) is 0 Å². The average Bonchev–Trinajstić information content (AvgIpc) is 2.68. The summed E-state index contributed by atoms with van der Waals surface area (Å²) in [5.41, 5.74) is 0.136. The van der Waals surface area contributed by atoms with Crippen LogP contribution in [-0.2, 0) is 6.18 Å². The quantitative estimate of drug-likeness (QED) is 0.587. The van der Waals surface area contributed by atoms with Crippen molar-refractivity contribution in [3.63, 3.8) is 0 Å². The molecule has 0 aliphatic carbocycles. The van der Waals surface area contributed by atoms with Crippen molar-refractivity contribution in [1.82, 2.24) is 9.97 Å². The Kier molecular flexibility index (Phi) is 5.64. The molecule has 1 N–H and O–H groups in total. The topological polar surface area (TPSA) is 58.1 Å². The minimum Gasteiger partial charge on any atom is -0.329 e. The van der Waals surface area contributed by atoms with E-state index in [1.54, 1.807) is 48.6 Å². The summed E-state index contributed by atoms with van der Waals surface area (Å²) in [7, 11) is 1.73. The van der Waals surface area contributed by atoms with Crippen LogP contribution in [0.3, 0.4) is 0 Å². The number of carbonyl (C=O) groups excluding carboxylic acids is 1. The van der Waals surface area contributed by atoms with Crippen molar-refractivity contribution in [3.8, 4) is 0 Å². The molecule has 0 saturated heterocycles. The zero-order chi connectivity index (χ0) is 20.3. The standard InChI is InChI=1S/C19H14BrF3N4O/c1-27(13-6-9-24-10-7-13)17-14(3-2-8-25-17)18(28)26-12-4-5-16(20)15(11-12)19(21,22)23/h2-11H,1H3,(H,26,28). The molecule has 0 aliphatic heterocycles. The van der Waals surface area contributed by atoms with Gasteiger partial charge in [0.1, 0.15) is 5.82 Å². The van der Waals surface area contributed by atoms with Crippen LogP contribution in [0.1, 0.15) is 15.9 Å². The van der Waals surface area contributed by atoms with E-state index < -0.39 is 17.6 Å². The molecule has 2 aromatic heterocycles. The molecule has 0 atom stereocenters. The summed E-state index contributed by atoms with van der Waals surface area (Å²) in [6.07, 6.45) is 0.204. The molecular formula is C19H14BrF3N4O. The number of halogens is 4. The van der Waals surface area contributed by atoms with Crippen molar-refractivity contribution in [2.45, 2.75) is 6.18 Å². The molecule has 0 radical (unpaired) electrons. The van der Waals surface area contributed by atoms with Gasteiger partial charge in [-0.1, -0.05) is 15.9 Å². The fourth-order valence-electron chi connectivity index (χ4n) is 2.55.